The molecule has 2 heterocycles. The topological polar surface area (TPSA) is 57.8 Å². The molecule has 0 saturated heterocycles. The van der Waals surface area contributed by atoms with E-state index in [0.717, 1.165) is 11.3 Å². The van der Waals surface area contributed by atoms with Crippen molar-refractivity contribution in [1.82, 2.24) is 14.3 Å². The van der Waals surface area contributed by atoms with Gasteiger partial charge in [-0.15, -0.1) is 0 Å². The normalized spacial score (nSPS) is 13.1. The Morgan fingerprint density at radius 3 is 2.89 bits per heavy atom. The summed E-state index contributed by atoms with van der Waals surface area (Å²) >= 11 is 0. The quantitative estimate of drug-likeness (QED) is 0.890. The van der Waals surface area contributed by atoms with Gasteiger partial charge in [0.1, 0.15) is 11.7 Å². The number of rotatable bonds is 4. The van der Waals surface area contributed by atoms with E-state index >= 15 is 0 Å². The number of carboxylic acid groups (broad SMARTS) is 1. The lowest BCUT2D eigenvalue weighted by molar-refractivity contribution is -0.142. The van der Waals surface area contributed by atoms with E-state index in [1.54, 1.807) is 18.9 Å². The maximum absolute atomic E-state index is 10.9. The van der Waals surface area contributed by atoms with E-state index in [1.165, 1.54) is 5.56 Å². The molecular weight excluding hydrogens is 230 g/mol. The van der Waals surface area contributed by atoms with E-state index in [2.05, 4.69) is 4.98 Å². The van der Waals surface area contributed by atoms with Gasteiger partial charge in [-0.2, -0.15) is 0 Å². The molecule has 0 amide bonds. The Kier molecular flexibility index (Phi) is 3.34. The minimum atomic E-state index is -0.822. The van der Waals surface area contributed by atoms with Crippen LogP contribution in [0.2, 0.25) is 0 Å². The highest BCUT2D eigenvalue weighted by Gasteiger charge is 2.17. The van der Waals surface area contributed by atoms with Crippen LogP contribution in [0.1, 0.15) is 18.2 Å². The molecule has 0 radical (unpaired) electrons. The Bertz CT molecular complexity index is 577. The first-order valence-corrected chi connectivity index (χ1v) is 5.84. The summed E-state index contributed by atoms with van der Waals surface area (Å²) in [6.45, 7) is 4.22. The summed E-state index contributed by atoms with van der Waals surface area (Å²) in [7, 11) is 1.79. The first kappa shape index (κ1) is 12.6. The molecule has 2 aromatic heterocycles. The van der Waals surface area contributed by atoms with Crippen molar-refractivity contribution in [3.05, 3.63) is 35.8 Å². The minimum Gasteiger partial charge on any atom is -0.480 e. The lowest BCUT2D eigenvalue weighted by Gasteiger charge is -2.19. The molecule has 0 fully saturated rings. The molecule has 96 valence electrons. The third kappa shape index (κ3) is 2.51. The van der Waals surface area contributed by atoms with Crippen LogP contribution in [0, 0.1) is 6.92 Å². The van der Waals surface area contributed by atoms with Crippen molar-refractivity contribution in [3.63, 3.8) is 0 Å². The van der Waals surface area contributed by atoms with Gasteiger partial charge in [-0.25, -0.2) is 4.98 Å². The number of imidazole rings is 1. The third-order valence-corrected chi connectivity index (χ3v) is 3.08. The summed E-state index contributed by atoms with van der Waals surface area (Å²) in [6.07, 6.45) is 3.94. The summed E-state index contributed by atoms with van der Waals surface area (Å²) in [5.74, 6) is -0.822. The van der Waals surface area contributed by atoms with Crippen LogP contribution in [0.25, 0.3) is 5.65 Å². The molecule has 1 unspecified atom stereocenters. The molecule has 2 aromatic rings. The molecule has 0 aromatic carbocycles. The van der Waals surface area contributed by atoms with Crippen molar-refractivity contribution >= 4 is 11.6 Å². The SMILES string of the molecule is Cc1ccc2nc(CN(C)C(C)C(=O)O)cn2c1. The Labute approximate surface area is 106 Å². The van der Waals surface area contributed by atoms with Crippen molar-refractivity contribution < 1.29 is 9.90 Å². The summed E-state index contributed by atoms with van der Waals surface area (Å²) in [5, 5.41) is 8.94. The highest BCUT2D eigenvalue weighted by Crippen LogP contribution is 2.10. The Balaban J connectivity index is 2.19. The fourth-order valence-electron chi connectivity index (χ4n) is 1.81. The predicted octanol–water partition coefficient (Wildman–Crippen LogP) is 1.55. The number of likely N-dealkylation sites (N-methyl/N-ethyl adjacent to an activating group) is 1. The fourth-order valence-corrected chi connectivity index (χ4v) is 1.81. The molecule has 5 heteroatoms. The number of carboxylic acids is 1. The molecular formula is C13H17N3O2. The van der Waals surface area contributed by atoms with E-state index < -0.39 is 12.0 Å². The van der Waals surface area contributed by atoms with Gasteiger partial charge in [0.2, 0.25) is 0 Å². The van der Waals surface area contributed by atoms with Gasteiger partial charge in [0.15, 0.2) is 0 Å². The Morgan fingerprint density at radius 2 is 2.22 bits per heavy atom. The second-order valence-corrected chi connectivity index (χ2v) is 4.63. The summed E-state index contributed by atoms with van der Waals surface area (Å²) in [6, 6.07) is 3.45. The van der Waals surface area contributed by atoms with E-state index in [-0.39, 0.29) is 0 Å². The van der Waals surface area contributed by atoms with Crippen molar-refractivity contribution in [2.24, 2.45) is 0 Å². The molecule has 0 aliphatic rings. The summed E-state index contributed by atoms with van der Waals surface area (Å²) in [4.78, 5) is 17.1. The number of pyridine rings is 1. The number of hydrogen-bond acceptors (Lipinski definition) is 3. The van der Waals surface area contributed by atoms with Crippen molar-refractivity contribution in [2.75, 3.05) is 7.05 Å². The van der Waals surface area contributed by atoms with Crippen molar-refractivity contribution in [3.8, 4) is 0 Å². The minimum absolute atomic E-state index is 0.517. The zero-order chi connectivity index (χ0) is 13.3. The lowest BCUT2D eigenvalue weighted by Crippen LogP contribution is -2.35. The molecule has 0 saturated carbocycles. The number of nitrogens with zero attached hydrogens (tertiary/aromatic N) is 3. The van der Waals surface area contributed by atoms with Crippen molar-refractivity contribution in [2.45, 2.75) is 26.4 Å². The van der Waals surface area contributed by atoms with Gasteiger partial charge in [-0.1, -0.05) is 6.07 Å². The van der Waals surface area contributed by atoms with E-state index in [0.29, 0.717) is 6.54 Å². The summed E-state index contributed by atoms with van der Waals surface area (Å²) in [5.41, 5.74) is 2.92. The zero-order valence-corrected chi connectivity index (χ0v) is 10.8. The molecule has 5 nitrogen and oxygen atoms in total. The average molecular weight is 247 g/mol. The molecule has 2 rings (SSSR count). The van der Waals surface area contributed by atoms with Crippen LogP contribution in [0.15, 0.2) is 24.5 Å². The van der Waals surface area contributed by atoms with Crippen LogP contribution >= 0.6 is 0 Å². The van der Waals surface area contributed by atoms with Crippen LogP contribution in [0.5, 0.6) is 0 Å². The first-order valence-electron chi connectivity index (χ1n) is 5.84. The number of aryl methyl sites for hydroxylation is 1. The van der Waals surface area contributed by atoms with Crippen LogP contribution in [0.4, 0.5) is 0 Å². The zero-order valence-electron chi connectivity index (χ0n) is 10.8. The van der Waals surface area contributed by atoms with Gasteiger partial charge in [0.05, 0.1) is 5.69 Å². The van der Waals surface area contributed by atoms with E-state index in [1.807, 2.05) is 35.9 Å². The van der Waals surface area contributed by atoms with E-state index in [4.69, 9.17) is 5.11 Å². The molecule has 1 atom stereocenters. The second kappa shape index (κ2) is 4.78. The maximum atomic E-state index is 10.9. The third-order valence-electron chi connectivity index (χ3n) is 3.08. The maximum Gasteiger partial charge on any atom is 0.320 e. The fraction of sp³-hybridized carbons (Fsp3) is 0.385. The lowest BCUT2D eigenvalue weighted by atomic mass is 10.3. The van der Waals surface area contributed by atoms with Crippen LogP contribution in [0.3, 0.4) is 0 Å². The summed E-state index contributed by atoms with van der Waals surface area (Å²) < 4.78 is 1.96. The number of aromatic nitrogens is 2. The molecule has 18 heavy (non-hydrogen) atoms. The highest BCUT2D eigenvalue weighted by molar-refractivity contribution is 5.72. The Morgan fingerprint density at radius 1 is 1.50 bits per heavy atom. The van der Waals surface area contributed by atoms with Gasteiger partial charge < -0.3 is 9.51 Å². The van der Waals surface area contributed by atoms with E-state index in [9.17, 15) is 4.79 Å². The van der Waals surface area contributed by atoms with Gasteiger partial charge in [0.25, 0.3) is 0 Å². The van der Waals surface area contributed by atoms with Gasteiger partial charge in [-0.3, -0.25) is 9.69 Å². The molecule has 0 aliphatic heterocycles. The largest absolute Gasteiger partial charge is 0.480 e. The molecule has 0 spiro atoms. The molecule has 1 N–H and O–H groups in total. The Hall–Kier alpha value is -1.88. The monoisotopic (exact) mass is 247 g/mol. The smallest absolute Gasteiger partial charge is 0.320 e. The standard InChI is InChI=1S/C13H17N3O2/c1-9-4-5-12-14-11(8-16(12)6-9)7-15(3)10(2)13(17)18/h4-6,8,10H,7H2,1-3H3,(H,17,18). The van der Waals surface area contributed by atoms with Crippen molar-refractivity contribution in [1.29, 1.82) is 0 Å². The molecule has 0 bridgehead atoms. The van der Waals surface area contributed by atoms with Crippen LogP contribution in [-0.2, 0) is 11.3 Å². The average Bonchev–Trinajstić information content (AvgIpc) is 2.68. The van der Waals surface area contributed by atoms with Gasteiger partial charge in [-0.05, 0) is 32.5 Å². The van der Waals surface area contributed by atoms with Gasteiger partial charge >= 0.3 is 5.97 Å². The number of fused-ring (bicyclic) bond motifs is 1. The van der Waals surface area contributed by atoms with Crippen LogP contribution in [-0.4, -0.2) is 38.4 Å². The van der Waals surface area contributed by atoms with Crippen LogP contribution < -0.4 is 0 Å². The predicted molar refractivity (Wildman–Crippen MR) is 68.5 cm³/mol. The molecule has 0 aliphatic carbocycles. The second-order valence-electron chi connectivity index (χ2n) is 4.63. The number of hydrogen-bond donors (Lipinski definition) is 1. The number of carbonyl (C=O) groups is 1. The highest BCUT2D eigenvalue weighted by atomic mass is 16.4. The number of aliphatic carboxylic acids is 1. The van der Waals surface area contributed by atoms with Gasteiger partial charge in [0, 0.05) is 18.9 Å². The first-order chi connectivity index (χ1) is 8.47.